The third kappa shape index (κ3) is 4.97. The van der Waals surface area contributed by atoms with Crippen molar-refractivity contribution in [2.75, 3.05) is 20.1 Å². The number of nitrogens with zero attached hydrogens (tertiary/aromatic N) is 1. The molecule has 0 radical (unpaired) electrons. The molecule has 1 aliphatic carbocycles. The minimum atomic E-state index is 0.732. The van der Waals surface area contributed by atoms with Crippen LogP contribution < -0.4 is 5.32 Å². The van der Waals surface area contributed by atoms with Crippen molar-refractivity contribution in [2.24, 2.45) is 5.92 Å². The summed E-state index contributed by atoms with van der Waals surface area (Å²) in [7, 11) is 2.35. The monoisotopic (exact) mass is 240 g/mol. The molecule has 0 amide bonds. The lowest BCUT2D eigenvalue weighted by molar-refractivity contribution is 0.111. The second-order valence-corrected chi connectivity index (χ2v) is 5.84. The molecule has 1 saturated carbocycles. The number of rotatable bonds is 7. The van der Waals surface area contributed by atoms with Gasteiger partial charge in [0, 0.05) is 18.6 Å². The highest BCUT2D eigenvalue weighted by Gasteiger charge is 2.26. The molecular weight excluding hydrogens is 208 g/mol. The molecule has 0 spiro atoms. The molecule has 102 valence electrons. The Labute approximate surface area is 108 Å². The van der Waals surface area contributed by atoms with Crippen molar-refractivity contribution < 1.29 is 0 Å². The van der Waals surface area contributed by atoms with Gasteiger partial charge in [0.05, 0.1) is 0 Å². The lowest BCUT2D eigenvalue weighted by Gasteiger charge is -2.39. The van der Waals surface area contributed by atoms with E-state index in [9.17, 15) is 0 Å². The first-order valence-corrected chi connectivity index (χ1v) is 7.61. The van der Waals surface area contributed by atoms with Crippen LogP contribution in [0.5, 0.6) is 0 Å². The van der Waals surface area contributed by atoms with E-state index in [1.54, 1.807) is 0 Å². The molecule has 0 heterocycles. The minimum absolute atomic E-state index is 0.732. The molecule has 0 aromatic heterocycles. The molecule has 0 bridgehead atoms. The zero-order valence-corrected chi connectivity index (χ0v) is 12.3. The summed E-state index contributed by atoms with van der Waals surface area (Å²) in [5.41, 5.74) is 0. The fraction of sp³-hybridized carbons (Fsp3) is 1.00. The molecule has 1 fully saturated rings. The predicted octanol–water partition coefficient (Wildman–Crippen LogP) is 3.28. The van der Waals surface area contributed by atoms with Crippen LogP contribution in [-0.2, 0) is 0 Å². The quantitative estimate of drug-likeness (QED) is 0.735. The zero-order chi connectivity index (χ0) is 12.7. The van der Waals surface area contributed by atoms with E-state index < -0.39 is 0 Å². The first-order valence-electron chi connectivity index (χ1n) is 7.61. The molecule has 17 heavy (non-hydrogen) atoms. The Balaban J connectivity index is 2.46. The molecule has 0 aromatic carbocycles. The summed E-state index contributed by atoms with van der Waals surface area (Å²) < 4.78 is 0. The lowest BCUT2D eigenvalue weighted by atomic mass is 9.85. The highest BCUT2D eigenvalue weighted by Crippen LogP contribution is 2.28. The minimum Gasteiger partial charge on any atom is -0.315 e. The Morgan fingerprint density at radius 3 is 2.65 bits per heavy atom. The molecule has 2 heteroatoms. The lowest BCUT2D eigenvalue weighted by Crippen LogP contribution is -2.47. The zero-order valence-electron chi connectivity index (χ0n) is 12.3. The van der Waals surface area contributed by atoms with E-state index >= 15 is 0 Å². The van der Waals surface area contributed by atoms with Crippen LogP contribution in [0.3, 0.4) is 0 Å². The van der Waals surface area contributed by atoms with E-state index in [1.165, 1.54) is 38.5 Å². The number of hydrogen-bond donors (Lipinski definition) is 1. The summed E-state index contributed by atoms with van der Waals surface area (Å²) in [6, 6.07) is 1.56. The molecule has 3 atom stereocenters. The van der Waals surface area contributed by atoms with E-state index in [4.69, 9.17) is 0 Å². The van der Waals surface area contributed by atoms with E-state index in [-0.39, 0.29) is 0 Å². The van der Waals surface area contributed by atoms with E-state index in [0.29, 0.717) is 0 Å². The SMILES string of the molecule is CCCC(CNCC)N(C)C1CCCC(C)C1. The summed E-state index contributed by atoms with van der Waals surface area (Å²) in [5.74, 6) is 0.928. The highest BCUT2D eigenvalue weighted by atomic mass is 15.2. The molecule has 2 nitrogen and oxygen atoms in total. The fourth-order valence-corrected chi connectivity index (χ4v) is 3.16. The van der Waals surface area contributed by atoms with Crippen LogP contribution in [0.4, 0.5) is 0 Å². The van der Waals surface area contributed by atoms with Crippen molar-refractivity contribution in [1.82, 2.24) is 10.2 Å². The van der Waals surface area contributed by atoms with Gasteiger partial charge in [0.2, 0.25) is 0 Å². The van der Waals surface area contributed by atoms with Crippen molar-refractivity contribution in [3.05, 3.63) is 0 Å². The Morgan fingerprint density at radius 1 is 1.29 bits per heavy atom. The van der Waals surface area contributed by atoms with Crippen LogP contribution in [0.2, 0.25) is 0 Å². The maximum Gasteiger partial charge on any atom is 0.0220 e. The summed E-state index contributed by atoms with van der Waals surface area (Å²) in [5, 5.41) is 3.52. The average Bonchev–Trinajstić information content (AvgIpc) is 2.33. The van der Waals surface area contributed by atoms with E-state index in [0.717, 1.165) is 31.1 Å². The van der Waals surface area contributed by atoms with Gasteiger partial charge in [-0.2, -0.15) is 0 Å². The molecule has 1 N–H and O–H groups in total. The van der Waals surface area contributed by atoms with Crippen molar-refractivity contribution in [2.45, 2.75) is 71.4 Å². The van der Waals surface area contributed by atoms with Crippen LogP contribution in [0.1, 0.15) is 59.3 Å². The molecule has 0 aliphatic heterocycles. The highest BCUT2D eigenvalue weighted by molar-refractivity contribution is 4.82. The van der Waals surface area contributed by atoms with Crippen LogP contribution in [0.25, 0.3) is 0 Å². The average molecular weight is 240 g/mol. The van der Waals surface area contributed by atoms with Gasteiger partial charge in [0.15, 0.2) is 0 Å². The van der Waals surface area contributed by atoms with Crippen LogP contribution >= 0.6 is 0 Å². The van der Waals surface area contributed by atoms with Crippen LogP contribution in [0.15, 0.2) is 0 Å². The Kier molecular flexibility index (Phi) is 7.14. The van der Waals surface area contributed by atoms with Gasteiger partial charge in [-0.05, 0) is 38.8 Å². The third-order valence-corrected chi connectivity index (χ3v) is 4.31. The van der Waals surface area contributed by atoms with Gasteiger partial charge in [-0.15, -0.1) is 0 Å². The first kappa shape index (κ1) is 15.0. The second-order valence-electron chi connectivity index (χ2n) is 5.84. The normalized spacial score (nSPS) is 27.4. The van der Waals surface area contributed by atoms with Crippen LogP contribution in [-0.4, -0.2) is 37.1 Å². The Hall–Kier alpha value is -0.0800. The van der Waals surface area contributed by atoms with Crippen molar-refractivity contribution in [3.63, 3.8) is 0 Å². The maximum atomic E-state index is 3.52. The van der Waals surface area contributed by atoms with E-state index in [2.05, 4.69) is 38.0 Å². The molecule has 0 aromatic rings. The largest absolute Gasteiger partial charge is 0.315 e. The number of likely N-dealkylation sites (N-methyl/N-ethyl adjacent to an activating group) is 2. The summed E-state index contributed by atoms with van der Waals surface area (Å²) in [4.78, 5) is 2.67. The predicted molar refractivity (Wildman–Crippen MR) is 76.4 cm³/mol. The fourth-order valence-electron chi connectivity index (χ4n) is 3.16. The second kappa shape index (κ2) is 8.10. The van der Waals surface area contributed by atoms with Crippen molar-refractivity contribution in [3.8, 4) is 0 Å². The van der Waals surface area contributed by atoms with Gasteiger partial charge in [0.25, 0.3) is 0 Å². The van der Waals surface area contributed by atoms with Gasteiger partial charge in [-0.25, -0.2) is 0 Å². The van der Waals surface area contributed by atoms with Gasteiger partial charge >= 0.3 is 0 Å². The van der Waals surface area contributed by atoms with Gasteiger partial charge in [-0.1, -0.05) is 40.0 Å². The molecule has 3 unspecified atom stereocenters. The van der Waals surface area contributed by atoms with Gasteiger partial charge in [-0.3, -0.25) is 4.90 Å². The third-order valence-electron chi connectivity index (χ3n) is 4.31. The molecule has 0 saturated heterocycles. The summed E-state index contributed by atoms with van der Waals surface area (Å²) >= 11 is 0. The van der Waals surface area contributed by atoms with Gasteiger partial charge < -0.3 is 5.32 Å². The van der Waals surface area contributed by atoms with Crippen molar-refractivity contribution in [1.29, 1.82) is 0 Å². The number of nitrogens with one attached hydrogen (secondary N) is 1. The topological polar surface area (TPSA) is 15.3 Å². The summed E-state index contributed by atoms with van der Waals surface area (Å²) in [6.45, 7) is 9.17. The van der Waals surface area contributed by atoms with Crippen LogP contribution in [0, 0.1) is 5.92 Å². The molecular formula is C15H32N2. The Bertz CT molecular complexity index is 193. The maximum absolute atomic E-state index is 3.52. The standard InChI is InChI=1S/C15H32N2/c1-5-8-15(12-16-6-2)17(4)14-10-7-9-13(3)11-14/h13-16H,5-12H2,1-4H3. The van der Waals surface area contributed by atoms with Crippen molar-refractivity contribution >= 4 is 0 Å². The molecule has 1 rings (SSSR count). The van der Waals surface area contributed by atoms with E-state index in [1.807, 2.05) is 0 Å². The smallest absolute Gasteiger partial charge is 0.0220 e. The first-order chi connectivity index (χ1) is 8.19. The summed E-state index contributed by atoms with van der Waals surface area (Å²) in [6.07, 6.45) is 8.30. The number of hydrogen-bond acceptors (Lipinski definition) is 2. The molecule has 1 aliphatic rings. The van der Waals surface area contributed by atoms with Gasteiger partial charge in [0.1, 0.15) is 0 Å². The Morgan fingerprint density at radius 2 is 2.06 bits per heavy atom.